The van der Waals surface area contributed by atoms with Crippen LogP contribution in [0.1, 0.15) is 278 Å². The molecule has 81 heavy (non-hydrogen) atoms. The van der Waals surface area contributed by atoms with E-state index in [-0.39, 0.29) is 25.9 Å². The van der Waals surface area contributed by atoms with E-state index in [0.29, 0.717) is 19.3 Å². The maximum Gasteiger partial charge on any atom is 0.335 e. The Kier molecular flexibility index (Phi) is 52.1. The largest absolute Gasteiger partial charge is 0.479 e. The van der Waals surface area contributed by atoms with Gasteiger partial charge in [0.25, 0.3) is 0 Å². The van der Waals surface area contributed by atoms with Crippen LogP contribution in [0.3, 0.4) is 0 Å². The lowest BCUT2D eigenvalue weighted by atomic mass is 9.98. The molecule has 1 rings (SSSR count). The summed E-state index contributed by atoms with van der Waals surface area (Å²) in [5.41, 5.74) is 0. The standard InChI is InChI=1S/C69H116O12/c1-4-7-10-13-16-19-22-25-28-31-34-37-40-43-46-49-52-55-61(70)77-58-60(79-62(71)56-53-50-47-44-41-38-35-32-29-26-23-20-17-14-11-8-5-2)59-78-69-67(65(74)64(73)66(81-69)68(75)76)80-63(72)57-54-51-48-45-42-39-36-33-30-27-24-21-18-15-12-9-6-3/h7,10,16,18-19,21,25-30,34,37,60,64-67,69,73-74H,4-6,8-9,11-15,17,20,22-24,31-33,35-36,38-59H2,1-3H3,(H,75,76)/b10-7-,19-16-,21-18-,28-25-,29-26-,30-27-,37-34-. The lowest BCUT2D eigenvalue weighted by Gasteiger charge is -2.40. The first-order valence-electron chi connectivity index (χ1n) is 32.6. The number of hydrogen-bond acceptors (Lipinski definition) is 11. The molecule has 3 N–H and O–H groups in total. The molecule has 0 aromatic carbocycles. The van der Waals surface area contributed by atoms with E-state index in [1.54, 1.807) is 0 Å². The van der Waals surface area contributed by atoms with Crippen molar-refractivity contribution in [1.29, 1.82) is 0 Å². The van der Waals surface area contributed by atoms with Crippen LogP contribution >= 0.6 is 0 Å². The van der Waals surface area contributed by atoms with Crippen LogP contribution in [-0.4, -0.2) is 89.2 Å². The highest BCUT2D eigenvalue weighted by molar-refractivity contribution is 5.74. The number of aliphatic hydroxyl groups excluding tert-OH is 2. The van der Waals surface area contributed by atoms with E-state index in [0.717, 1.165) is 141 Å². The minimum Gasteiger partial charge on any atom is -0.479 e. The summed E-state index contributed by atoms with van der Waals surface area (Å²) in [6.07, 6.45) is 61.0. The Hall–Kier alpha value is -4.10. The highest BCUT2D eigenvalue weighted by Gasteiger charge is 2.50. The summed E-state index contributed by atoms with van der Waals surface area (Å²) in [4.78, 5) is 51.3. The number of rotatable bonds is 55. The second kappa shape index (κ2) is 56.4. The lowest BCUT2D eigenvalue weighted by Crippen LogP contribution is -2.61. The van der Waals surface area contributed by atoms with Gasteiger partial charge in [0.15, 0.2) is 24.6 Å². The summed E-state index contributed by atoms with van der Waals surface area (Å²) < 4.78 is 28.5. The first-order chi connectivity index (χ1) is 39.6. The van der Waals surface area contributed by atoms with Crippen molar-refractivity contribution >= 4 is 23.9 Å². The molecule has 0 spiro atoms. The molecule has 0 saturated carbocycles. The topological polar surface area (TPSA) is 175 Å². The van der Waals surface area contributed by atoms with Gasteiger partial charge in [-0.3, -0.25) is 14.4 Å². The average molecular weight is 1140 g/mol. The number of carboxylic acids is 1. The maximum absolute atomic E-state index is 13.2. The van der Waals surface area contributed by atoms with Crippen LogP contribution in [0.15, 0.2) is 85.1 Å². The van der Waals surface area contributed by atoms with Gasteiger partial charge in [-0.1, -0.05) is 228 Å². The second-order valence-electron chi connectivity index (χ2n) is 22.0. The van der Waals surface area contributed by atoms with Gasteiger partial charge in [-0.25, -0.2) is 4.79 Å². The van der Waals surface area contributed by atoms with E-state index in [2.05, 4.69) is 106 Å². The van der Waals surface area contributed by atoms with Gasteiger partial charge in [-0.05, 0) is 116 Å². The Morgan fingerprint density at radius 3 is 1.22 bits per heavy atom. The molecule has 0 amide bonds. The van der Waals surface area contributed by atoms with E-state index in [9.17, 15) is 34.5 Å². The molecule has 1 aliphatic heterocycles. The zero-order valence-corrected chi connectivity index (χ0v) is 51.3. The number of carbonyl (C=O) groups is 4. The first-order valence-corrected chi connectivity index (χ1v) is 32.6. The van der Waals surface area contributed by atoms with Crippen LogP contribution in [0.4, 0.5) is 0 Å². The maximum atomic E-state index is 13.2. The molecule has 12 heteroatoms. The summed E-state index contributed by atoms with van der Waals surface area (Å²) in [5, 5.41) is 31.6. The fourth-order valence-corrected chi connectivity index (χ4v) is 9.44. The molecule has 1 heterocycles. The third-order valence-corrected chi connectivity index (χ3v) is 14.4. The zero-order chi connectivity index (χ0) is 58.9. The molecule has 0 bridgehead atoms. The molecule has 0 aromatic heterocycles. The molecule has 6 unspecified atom stereocenters. The van der Waals surface area contributed by atoms with Crippen LogP contribution in [0.25, 0.3) is 0 Å². The van der Waals surface area contributed by atoms with Gasteiger partial charge in [0.05, 0.1) is 6.61 Å². The molecule has 1 aliphatic rings. The van der Waals surface area contributed by atoms with Crippen molar-refractivity contribution in [3.8, 4) is 0 Å². The smallest absolute Gasteiger partial charge is 0.335 e. The summed E-state index contributed by atoms with van der Waals surface area (Å²) in [5.74, 6) is -3.16. The predicted molar refractivity (Wildman–Crippen MR) is 331 cm³/mol. The monoisotopic (exact) mass is 1140 g/mol. The Balaban J connectivity index is 2.69. The number of aliphatic carboxylic acids is 1. The van der Waals surface area contributed by atoms with Gasteiger partial charge >= 0.3 is 23.9 Å². The van der Waals surface area contributed by atoms with E-state index in [4.69, 9.17) is 23.7 Å². The van der Waals surface area contributed by atoms with Crippen molar-refractivity contribution in [3.05, 3.63) is 85.1 Å². The van der Waals surface area contributed by atoms with Crippen LogP contribution in [-0.2, 0) is 42.9 Å². The minimum atomic E-state index is -1.91. The fourth-order valence-electron chi connectivity index (χ4n) is 9.44. The van der Waals surface area contributed by atoms with Crippen molar-refractivity contribution < 1.29 is 58.2 Å². The molecular formula is C69H116O12. The molecule has 1 saturated heterocycles. The van der Waals surface area contributed by atoms with Crippen LogP contribution in [0.5, 0.6) is 0 Å². The van der Waals surface area contributed by atoms with E-state index in [1.807, 2.05) is 0 Å². The number of carboxylic acid groups (broad SMARTS) is 1. The second-order valence-corrected chi connectivity index (χ2v) is 22.0. The van der Waals surface area contributed by atoms with Crippen molar-refractivity contribution in [3.63, 3.8) is 0 Å². The van der Waals surface area contributed by atoms with Gasteiger partial charge in [0.2, 0.25) is 0 Å². The third kappa shape index (κ3) is 46.0. The molecule has 0 aromatic rings. The number of carbonyl (C=O) groups excluding carboxylic acids is 3. The number of unbranched alkanes of at least 4 members (excludes halogenated alkanes) is 27. The van der Waals surface area contributed by atoms with Gasteiger partial charge < -0.3 is 39.0 Å². The van der Waals surface area contributed by atoms with Gasteiger partial charge in [0.1, 0.15) is 18.8 Å². The summed E-state index contributed by atoms with van der Waals surface area (Å²) in [6, 6.07) is 0. The van der Waals surface area contributed by atoms with Gasteiger partial charge in [-0.2, -0.15) is 0 Å². The van der Waals surface area contributed by atoms with E-state index >= 15 is 0 Å². The van der Waals surface area contributed by atoms with Crippen LogP contribution in [0.2, 0.25) is 0 Å². The van der Waals surface area contributed by atoms with Crippen molar-refractivity contribution in [2.45, 2.75) is 314 Å². The SMILES string of the molecule is CC/C=C\C/C=C\C/C=C\C/C=C\CCCCCCC(=O)OCC(COC1OC(C(=O)O)C(O)C(O)C1OC(=O)CCCCCCCCC/C=C\C/C=C\CCCCC)OC(=O)CCCCCCCCC/C=C\CCCCCCCC. The quantitative estimate of drug-likeness (QED) is 0.0228. The first kappa shape index (κ1) is 74.9. The average Bonchev–Trinajstić information content (AvgIpc) is 3.53. The summed E-state index contributed by atoms with van der Waals surface area (Å²) in [6.45, 7) is 5.85. The summed E-state index contributed by atoms with van der Waals surface area (Å²) in [7, 11) is 0. The minimum absolute atomic E-state index is 0.0463. The lowest BCUT2D eigenvalue weighted by molar-refractivity contribution is -0.301. The Morgan fingerprint density at radius 2 is 0.778 bits per heavy atom. The number of esters is 3. The molecule has 1 fully saturated rings. The molecule has 12 nitrogen and oxygen atoms in total. The van der Waals surface area contributed by atoms with Crippen molar-refractivity contribution in [2.75, 3.05) is 13.2 Å². The highest BCUT2D eigenvalue weighted by atomic mass is 16.7. The predicted octanol–water partition coefficient (Wildman–Crippen LogP) is 17.5. The van der Waals surface area contributed by atoms with Crippen LogP contribution in [0, 0.1) is 0 Å². The van der Waals surface area contributed by atoms with E-state index in [1.165, 1.54) is 77.0 Å². The molecule has 0 radical (unpaired) electrons. The Morgan fingerprint density at radius 1 is 0.420 bits per heavy atom. The van der Waals surface area contributed by atoms with Crippen LogP contribution < -0.4 is 0 Å². The Bertz CT molecular complexity index is 1730. The molecular weight excluding hydrogens is 1020 g/mol. The van der Waals surface area contributed by atoms with E-state index < -0.39 is 67.3 Å². The van der Waals surface area contributed by atoms with Crippen molar-refractivity contribution in [2.24, 2.45) is 0 Å². The number of hydrogen-bond donors (Lipinski definition) is 3. The highest BCUT2D eigenvalue weighted by Crippen LogP contribution is 2.27. The number of allylic oxidation sites excluding steroid dienone is 14. The number of aliphatic hydroxyl groups is 2. The molecule has 464 valence electrons. The molecule has 0 aliphatic carbocycles. The summed E-state index contributed by atoms with van der Waals surface area (Å²) >= 11 is 0. The van der Waals surface area contributed by atoms with Gasteiger partial charge in [0, 0.05) is 19.3 Å². The Labute approximate surface area is 492 Å². The van der Waals surface area contributed by atoms with Gasteiger partial charge in [-0.15, -0.1) is 0 Å². The van der Waals surface area contributed by atoms with Crippen molar-refractivity contribution in [1.82, 2.24) is 0 Å². The normalized spacial score (nSPS) is 18.3. The molecule has 6 atom stereocenters. The number of ether oxygens (including phenoxy) is 5. The third-order valence-electron chi connectivity index (χ3n) is 14.4. The zero-order valence-electron chi connectivity index (χ0n) is 51.3. The fraction of sp³-hybridized carbons (Fsp3) is 0.739.